The molecule has 1 amide bonds. The number of carbonyl (C=O) groups is 2. The summed E-state index contributed by atoms with van der Waals surface area (Å²) in [5, 5.41) is 23.3. The summed E-state index contributed by atoms with van der Waals surface area (Å²) >= 11 is 0. The van der Waals surface area contributed by atoms with Crippen molar-refractivity contribution in [3.8, 4) is 0 Å². The molecule has 0 aromatic rings. The van der Waals surface area contributed by atoms with Crippen molar-refractivity contribution in [2.45, 2.75) is 443 Å². The van der Waals surface area contributed by atoms with E-state index >= 15 is 0 Å². The number of aliphatic hydroxyl groups excluding tert-OH is 2. The Morgan fingerprint density at radius 2 is 0.588 bits per heavy atom. The van der Waals surface area contributed by atoms with Gasteiger partial charge in [-0.15, -0.1) is 0 Å². The highest BCUT2D eigenvalue weighted by atomic mass is 16.5. The minimum absolute atomic E-state index is 0.0145. The van der Waals surface area contributed by atoms with E-state index in [0.717, 1.165) is 44.9 Å². The second-order valence-electron chi connectivity index (χ2n) is 26.7. The second kappa shape index (κ2) is 74.5. The number of aliphatic hydroxyl groups is 2. The Morgan fingerprint density at radius 3 is 0.894 bits per heavy atom. The van der Waals surface area contributed by atoms with Crippen molar-refractivity contribution in [3.63, 3.8) is 0 Å². The van der Waals surface area contributed by atoms with Gasteiger partial charge in [0.1, 0.15) is 0 Å². The van der Waals surface area contributed by atoms with E-state index in [1.54, 1.807) is 6.08 Å². The Bertz CT molecular complexity index is 1380. The van der Waals surface area contributed by atoms with Gasteiger partial charge in [-0.25, -0.2) is 0 Å². The quantitative estimate of drug-likeness (QED) is 0.0320. The molecule has 0 aliphatic carbocycles. The van der Waals surface area contributed by atoms with Gasteiger partial charge in [-0.2, -0.15) is 0 Å². The number of hydrogen-bond donors (Lipinski definition) is 3. The number of allylic oxidation sites excluding steroid dienone is 5. The third-order valence-electron chi connectivity index (χ3n) is 18.2. The molecule has 0 aliphatic heterocycles. The minimum Gasteiger partial charge on any atom is -0.466 e. The highest BCUT2D eigenvalue weighted by molar-refractivity contribution is 5.76. The molecule has 502 valence electrons. The molecule has 0 aliphatic rings. The van der Waals surface area contributed by atoms with Crippen molar-refractivity contribution >= 4 is 11.9 Å². The lowest BCUT2D eigenvalue weighted by atomic mass is 10.0. The zero-order valence-corrected chi connectivity index (χ0v) is 57.6. The SMILES string of the molecule is CCCCCCCCCCCCCCCCCCCCCCCCC/C=C/C(O)C(CO)NC(=O)CCCCCCCCCCCCC/C=C\C/C=C\CCCCCCCCCCCOC(=O)CCCCCCCCCCCCCCCCCC. The molecule has 0 saturated carbocycles. The minimum atomic E-state index is -0.849. The van der Waals surface area contributed by atoms with Crippen LogP contribution in [0.1, 0.15) is 431 Å². The summed E-state index contributed by atoms with van der Waals surface area (Å²) in [6.07, 6.45) is 96.8. The van der Waals surface area contributed by atoms with Crippen molar-refractivity contribution in [3.05, 3.63) is 36.5 Å². The number of amides is 1. The molecule has 6 nitrogen and oxygen atoms in total. The van der Waals surface area contributed by atoms with Gasteiger partial charge in [-0.3, -0.25) is 9.59 Å². The molecular weight excluding hydrogens is 1040 g/mol. The normalized spacial score (nSPS) is 12.7. The van der Waals surface area contributed by atoms with Crippen molar-refractivity contribution < 1.29 is 24.5 Å². The Kier molecular flexibility index (Phi) is 72.9. The summed E-state index contributed by atoms with van der Waals surface area (Å²) in [4.78, 5) is 24.6. The highest BCUT2D eigenvalue weighted by Crippen LogP contribution is 2.19. The van der Waals surface area contributed by atoms with Crippen molar-refractivity contribution in [1.29, 1.82) is 0 Å². The largest absolute Gasteiger partial charge is 0.466 e. The van der Waals surface area contributed by atoms with Crippen LogP contribution in [0.3, 0.4) is 0 Å². The number of unbranched alkanes of at least 4 members (excludes halogenated alkanes) is 58. The topological polar surface area (TPSA) is 95.9 Å². The Morgan fingerprint density at radius 1 is 0.329 bits per heavy atom. The first kappa shape index (κ1) is 83.1. The van der Waals surface area contributed by atoms with E-state index in [2.05, 4.69) is 43.5 Å². The van der Waals surface area contributed by atoms with Crippen LogP contribution in [0.25, 0.3) is 0 Å². The van der Waals surface area contributed by atoms with Gasteiger partial charge in [-0.05, 0) is 64.2 Å². The lowest BCUT2D eigenvalue weighted by molar-refractivity contribution is -0.143. The van der Waals surface area contributed by atoms with E-state index in [9.17, 15) is 19.8 Å². The number of rotatable bonds is 73. The Balaban J connectivity index is 3.43. The van der Waals surface area contributed by atoms with Crippen LogP contribution in [0.5, 0.6) is 0 Å². The fourth-order valence-electron chi connectivity index (χ4n) is 12.3. The van der Waals surface area contributed by atoms with Crippen LogP contribution in [0.4, 0.5) is 0 Å². The van der Waals surface area contributed by atoms with Crippen LogP contribution < -0.4 is 5.32 Å². The molecule has 6 heteroatoms. The first-order chi connectivity index (χ1) is 42.0. The maximum Gasteiger partial charge on any atom is 0.305 e. The highest BCUT2D eigenvalue weighted by Gasteiger charge is 2.18. The van der Waals surface area contributed by atoms with E-state index in [-0.39, 0.29) is 18.5 Å². The van der Waals surface area contributed by atoms with Gasteiger partial charge >= 0.3 is 5.97 Å². The maximum absolute atomic E-state index is 12.5. The summed E-state index contributed by atoms with van der Waals surface area (Å²) in [5.74, 6) is -0.0519. The summed E-state index contributed by atoms with van der Waals surface area (Å²) < 4.78 is 5.50. The molecule has 0 radical (unpaired) electrons. The van der Waals surface area contributed by atoms with Gasteiger partial charge in [0.15, 0.2) is 0 Å². The van der Waals surface area contributed by atoms with Gasteiger partial charge in [0.2, 0.25) is 5.91 Å². The molecule has 0 fully saturated rings. The molecule has 2 unspecified atom stereocenters. The molecule has 85 heavy (non-hydrogen) atoms. The van der Waals surface area contributed by atoms with Crippen molar-refractivity contribution in [1.82, 2.24) is 5.32 Å². The Hall–Kier alpha value is -1.92. The van der Waals surface area contributed by atoms with Crippen LogP contribution in [-0.2, 0) is 14.3 Å². The van der Waals surface area contributed by atoms with Crippen molar-refractivity contribution in [2.24, 2.45) is 0 Å². The van der Waals surface area contributed by atoms with E-state index in [1.807, 2.05) is 6.08 Å². The van der Waals surface area contributed by atoms with E-state index in [0.29, 0.717) is 19.4 Å². The van der Waals surface area contributed by atoms with Gasteiger partial charge in [0.05, 0.1) is 25.4 Å². The molecule has 0 heterocycles. The molecule has 0 bridgehead atoms. The molecule has 3 N–H and O–H groups in total. The maximum atomic E-state index is 12.5. The molecule has 0 spiro atoms. The number of nitrogens with one attached hydrogen (secondary N) is 1. The molecule has 0 aromatic heterocycles. The van der Waals surface area contributed by atoms with Gasteiger partial charge in [0, 0.05) is 12.8 Å². The summed E-state index contributed by atoms with van der Waals surface area (Å²) in [6, 6.07) is -0.632. The zero-order chi connectivity index (χ0) is 61.3. The molecule has 0 saturated heterocycles. The third kappa shape index (κ3) is 71.0. The average Bonchev–Trinajstić information content (AvgIpc) is 3.50. The van der Waals surface area contributed by atoms with Gasteiger partial charge in [0.25, 0.3) is 0 Å². The predicted octanol–water partition coefficient (Wildman–Crippen LogP) is 25.4. The van der Waals surface area contributed by atoms with Crippen molar-refractivity contribution in [2.75, 3.05) is 13.2 Å². The van der Waals surface area contributed by atoms with Crippen LogP contribution in [0, 0.1) is 0 Å². The standard InChI is InChI=1S/C79H151NO5/c1-3-5-7-9-11-13-15-17-19-21-22-23-24-28-31-34-37-40-43-47-51-55-59-63-67-71-77(82)76(75-81)80-78(83)72-68-64-60-56-52-48-44-41-38-35-32-29-26-25-27-30-33-36-39-42-46-50-54-58-62-66-70-74-85-79(84)73-69-65-61-57-53-49-45-20-18-16-14-12-10-8-6-4-2/h25-26,30,33,67,71,76-77,81-82H,3-24,27-29,31-32,34-66,68-70,72-75H2,1-2H3,(H,80,83)/b26-25-,33-30-,71-67+. The molecular formula is C79H151NO5. The number of carbonyl (C=O) groups excluding carboxylic acids is 2. The van der Waals surface area contributed by atoms with Gasteiger partial charge < -0.3 is 20.3 Å². The summed E-state index contributed by atoms with van der Waals surface area (Å²) in [7, 11) is 0. The number of esters is 1. The molecule has 0 rings (SSSR count). The fraction of sp³-hybridized carbons (Fsp3) is 0.899. The molecule has 0 aromatic carbocycles. The first-order valence-corrected chi connectivity index (χ1v) is 38.8. The van der Waals surface area contributed by atoms with E-state index < -0.39 is 12.1 Å². The van der Waals surface area contributed by atoms with Crippen LogP contribution in [0.2, 0.25) is 0 Å². The van der Waals surface area contributed by atoms with Gasteiger partial charge in [-0.1, -0.05) is 391 Å². The number of ether oxygens (including phenoxy) is 1. The van der Waals surface area contributed by atoms with Crippen LogP contribution >= 0.6 is 0 Å². The monoisotopic (exact) mass is 1190 g/mol. The van der Waals surface area contributed by atoms with Crippen LogP contribution in [0.15, 0.2) is 36.5 Å². The lowest BCUT2D eigenvalue weighted by Crippen LogP contribution is -2.45. The summed E-state index contributed by atoms with van der Waals surface area (Å²) in [6.45, 7) is 4.95. The lowest BCUT2D eigenvalue weighted by Gasteiger charge is -2.20. The fourth-order valence-corrected chi connectivity index (χ4v) is 12.3. The first-order valence-electron chi connectivity index (χ1n) is 38.8. The van der Waals surface area contributed by atoms with E-state index in [1.165, 1.54) is 360 Å². The molecule has 2 atom stereocenters. The second-order valence-corrected chi connectivity index (χ2v) is 26.7. The Labute approximate surface area is 532 Å². The predicted molar refractivity (Wildman–Crippen MR) is 375 cm³/mol. The van der Waals surface area contributed by atoms with Crippen LogP contribution in [-0.4, -0.2) is 47.4 Å². The number of hydrogen-bond acceptors (Lipinski definition) is 5. The smallest absolute Gasteiger partial charge is 0.305 e. The third-order valence-corrected chi connectivity index (χ3v) is 18.2. The average molecular weight is 1200 g/mol. The summed E-state index contributed by atoms with van der Waals surface area (Å²) in [5.41, 5.74) is 0. The zero-order valence-electron chi connectivity index (χ0n) is 57.6. The van der Waals surface area contributed by atoms with E-state index in [4.69, 9.17) is 4.74 Å².